The van der Waals surface area contributed by atoms with Gasteiger partial charge in [-0.1, -0.05) is 6.07 Å². The number of nitrogens with one attached hydrogen (secondary N) is 2. The number of aryl methyl sites for hydroxylation is 1. The van der Waals surface area contributed by atoms with Crippen LogP contribution < -0.4 is 10.6 Å². The van der Waals surface area contributed by atoms with E-state index in [0.29, 0.717) is 24.2 Å². The third kappa shape index (κ3) is 4.37. The van der Waals surface area contributed by atoms with Crippen LogP contribution in [0.1, 0.15) is 22.3 Å². The van der Waals surface area contributed by atoms with Gasteiger partial charge in [0.05, 0.1) is 0 Å². The summed E-state index contributed by atoms with van der Waals surface area (Å²) in [6.07, 6.45) is 0.405. The number of hydrogen-bond acceptors (Lipinski definition) is 3. The minimum atomic E-state index is -0.0780. The van der Waals surface area contributed by atoms with Crippen LogP contribution in [0.25, 0.3) is 0 Å². The van der Waals surface area contributed by atoms with Gasteiger partial charge < -0.3 is 15.5 Å². The van der Waals surface area contributed by atoms with E-state index in [9.17, 15) is 9.59 Å². The number of carbonyl (C=O) groups excluding carboxylic acids is 2. The highest BCUT2D eigenvalue weighted by molar-refractivity contribution is 5.97. The molecule has 5 heteroatoms. The lowest BCUT2D eigenvalue weighted by atomic mass is 10.1. The topological polar surface area (TPSA) is 61.4 Å². The highest BCUT2D eigenvalue weighted by atomic mass is 16.2. The number of nitrogens with zero attached hydrogens (tertiary/aromatic N) is 1. The Morgan fingerprint density at radius 1 is 1.26 bits per heavy atom. The molecule has 0 fully saturated rings. The first-order chi connectivity index (χ1) is 8.95. The molecule has 0 aliphatic carbocycles. The third-order valence-electron chi connectivity index (χ3n) is 2.77. The fourth-order valence-corrected chi connectivity index (χ4v) is 1.60. The van der Waals surface area contributed by atoms with Gasteiger partial charge in [0.2, 0.25) is 5.91 Å². The standard InChI is InChI=1S/C14H21N3O2/c1-10-5-6-11(14(19)17(3)4)9-12(10)16-13(18)7-8-15-2/h5-6,9,15H,7-8H2,1-4H3,(H,16,18). The number of amides is 2. The second-order valence-electron chi connectivity index (χ2n) is 4.63. The summed E-state index contributed by atoms with van der Waals surface area (Å²) in [7, 11) is 5.20. The number of rotatable bonds is 5. The maximum atomic E-state index is 11.9. The quantitative estimate of drug-likeness (QED) is 0.840. The van der Waals surface area contributed by atoms with Crippen molar-refractivity contribution in [3.63, 3.8) is 0 Å². The molecule has 0 saturated carbocycles. The van der Waals surface area contributed by atoms with Crippen molar-refractivity contribution in [2.75, 3.05) is 33.0 Å². The molecule has 0 radical (unpaired) electrons. The minimum absolute atomic E-state index is 0.0631. The largest absolute Gasteiger partial charge is 0.345 e. The number of benzene rings is 1. The van der Waals surface area contributed by atoms with E-state index in [1.54, 1.807) is 33.3 Å². The molecule has 19 heavy (non-hydrogen) atoms. The second-order valence-corrected chi connectivity index (χ2v) is 4.63. The summed E-state index contributed by atoms with van der Waals surface area (Å²) in [6.45, 7) is 2.53. The van der Waals surface area contributed by atoms with Crippen LogP contribution in [0.3, 0.4) is 0 Å². The van der Waals surface area contributed by atoms with Crippen molar-refractivity contribution < 1.29 is 9.59 Å². The van der Waals surface area contributed by atoms with Crippen LogP contribution in [0.5, 0.6) is 0 Å². The molecule has 2 N–H and O–H groups in total. The molecule has 104 valence electrons. The number of carbonyl (C=O) groups is 2. The Balaban J connectivity index is 2.86. The first kappa shape index (κ1) is 15.2. The molecule has 0 bridgehead atoms. The van der Waals surface area contributed by atoms with Crippen molar-refractivity contribution in [3.05, 3.63) is 29.3 Å². The average Bonchev–Trinajstić information content (AvgIpc) is 2.38. The fourth-order valence-electron chi connectivity index (χ4n) is 1.60. The van der Waals surface area contributed by atoms with Crippen molar-refractivity contribution in [1.29, 1.82) is 0 Å². The van der Waals surface area contributed by atoms with Crippen LogP contribution in [0, 0.1) is 6.92 Å². The molecule has 0 saturated heterocycles. The summed E-state index contributed by atoms with van der Waals surface area (Å²) >= 11 is 0. The first-order valence-corrected chi connectivity index (χ1v) is 6.22. The number of hydrogen-bond donors (Lipinski definition) is 2. The van der Waals surface area contributed by atoms with E-state index in [-0.39, 0.29) is 11.8 Å². The second kappa shape index (κ2) is 6.89. The van der Waals surface area contributed by atoms with Gasteiger partial charge in [0.15, 0.2) is 0 Å². The zero-order valence-electron chi connectivity index (χ0n) is 11.9. The van der Waals surface area contributed by atoms with E-state index in [1.807, 2.05) is 13.0 Å². The van der Waals surface area contributed by atoms with E-state index in [4.69, 9.17) is 0 Å². The highest BCUT2D eigenvalue weighted by Crippen LogP contribution is 2.18. The van der Waals surface area contributed by atoms with E-state index in [0.717, 1.165) is 5.56 Å². The van der Waals surface area contributed by atoms with Crippen LogP contribution in [-0.2, 0) is 4.79 Å². The van der Waals surface area contributed by atoms with E-state index < -0.39 is 0 Å². The minimum Gasteiger partial charge on any atom is -0.345 e. The van der Waals surface area contributed by atoms with Gasteiger partial charge >= 0.3 is 0 Å². The van der Waals surface area contributed by atoms with E-state index in [1.165, 1.54) is 4.90 Å². The van der Waals surface area contributed by atoms with Crippen molar-refractivity contribution in [3.8, 4) is 0 Å². The highest BCUT2D eigenvalue weighted by Gasteiger charge is 2.11. The molecule has 0 atom stereocenters. The number of anilines is 1. The van der Waals surface area contributed by atoms with E-state index >= 15 is 0 Å². The molecule has 0 aromatic heterocycles. The Morgan fingerprint density at radius 2 is 1.95 bits per heavy atom. The Bertz CT molecular complexity index is 470. The molecule has 1 aromatic carbocycles. The van der Waals surface area contributed by atoms with Gasteiger partial charge in [0.1, 0.15) is 0 Å². The summed E-state index contributed by atoms with van der Waals surface area (Å²) in [6, 6.07) is 5.32. The Morgan fingerprint density at radius 3 is 2.53 bits per heavy atom. The van der Waals surface area contributed by atoms with Crippen LogP contribution >= 0.6 is 0 Å². The van der Waals surface area contributed by atoms with Crippen molar-refractivity contribution in [2.45, 2.75) is 13.3 Å². The molecular weight excluding hydrogens is 242 g/mol. The van der Waals surface area contributed by atoms with Gasteiger partial charge in [0.25, 0.3) is 5.91 Å². The lowest BCUT2D eigenvalue weighted by molar-refractivity contribution is -0.116. The fraction of sp³-hybridized carbons (Fsp3) is 0.429. The van der Waals surface area contributed by atoms with E-state index in [2.05, 4.69) is 10.6 Å². The van der Waals surface area contributed by atoms with Crippen molar-refractivity contribution >= 4 is 17.5 Å². The third-order valence-corrected chi connectivity index (χ3v) is 2.77. The Hall–Kier alpha value is -1.88. The molecule has 0 aliphatic heterocycles. The predicted octanol–water partition coefficient (Wildman–Crippen LogP) is 1.24. The summed E-state index contributed by atoms with van der Waals surface area (Å²) in [5, 5.41) is 5.75. The molecule has 0 aliphatic rings. The molecule has 0 heterocycles. The predicted molar refractivity (Wildman–Crippen MR) is 76.4 cm³/mol. The first-order valence-electron chi connectivity index (χ1n) is 6.22. The maximum Gasteiger partial charge on any atom is 0.253 e. The summed E-state index contributed by atoms with van der Waals surface area (Å²) < 4.78 is 0. The lowest BCUT2D eigenvalue weighted by Gasteiger charge is -2.13. The average molecular weight is 263 g/mol. The van der Waals surface area contributed by atoms with Crippen LogP contribution in [0.2, 0.25) is 0 Å². The van der Waals surface area contributed by atoms with Gasteiger partial charge in [-0.3, -0.25) is 9.59 Å². The molecule has 1 aromatic rings. The SMILES string of the molecule is CNCCC(=O)Nc1cc(C(=O)N(C)C)ccc1C. The van der Waals surface area contributed by atoms with Crippen molar-refractivity contribution in [2.24, 2.45) is 0 Å². The molecule has 0 spiro atoms. The molecular formula is C14H21N3O2. The smallest absolute Gasteiger partial charge is 0.253 e. The van der Waals surface area contributed by atoms with Crippen LogP contribution in [0.15, 0.2) is 18.2 Å². The zero-order chi connectivity index (χ0) is 14.4. The van der Waals surface area contributed by atoms with Crippen LogP contribution in [-0.4, -0.2) is 44.4 Å². The van der Waals surface area contributed by atoms with Gasteiger partial charge in [-0.2, -0.15) is 0 Å². The molecule has 1 rings (SSSR count). The Kier molecular flexibility index (Phi) is 5.51. The zero-order valence-corrected chi connectivity index (χ0v) is 11.9. The Labute approximate surface area is 114 Å². The van der Waals surface area contributed by atoms with Gasteiger partial charge in [0, 0.05) is 38.3 Å². The summed E-state index contributed by atoms with van der Waals surface area (Å²) in [5.41, 5.74) is 2.20. The summed E-state index contributed by atoms with van der Waals surface area (Å²) in [4.78, 5) is 25.1. The monoisotopic (exact) mass is 263 g/mol. The summed E-state index contributed by atoms with van der Waals surface area (Å²) in [5.74, 6) is -0.141. The molecule has 0 unspecified atom stereocenters. The van der Waals surface area contributed by atoms with Crippen LogP contribution in [0.4, 0.5) is 5.69 Å². The van der Waals surface area contributed by atoms with Gasteiger partial charge in [-0.05, 0) is 31.7 Å². The van der Waals surface area contributed by atoms with Crippen molar-refractivity contribution in [1.82, 2.24) is 10.2 Å². The molecule has 2 amide bonds. The molecule has 5 nitrogen and oxygen atoms in total. The van der Waals surface area contributed by atoms with Gasteiger partial charge in [-0.25, -0.2) is 0 Å². The lowest BCUT2D eigenvalue weighted by Crippen LogP contribution is -2.22. The maximum absolute atomic E-state index is 11.9. The normalized spacial score (nSPS) is 10.1. The van der Waals surface area contributed by atoms with Gasteiger partial charge in [-0.15, -0.1) is 0 Å².